The van der Waals surface area contributed by atoms with Gasteiger partial charge in [0.15, 0.2) is 5.65 Å². The summed E-state index contributed by atoms with van der Waals surface area (Å²) in [5.74, 6) is -0.0773. The summed E-state index contributed by atoms with van der Waals surface area (Å²) in [5, 5.41) is 6.35. The Bertz CT molecular complexity index is 1290. The summed E-state index contributed by atoms with van der Waals surface area (Å²) in [6.45, 7) is 7.64. The molecule has 0 atom stereocenters. The van der Waals surface area contributed by atoms with Crippen LogP contribution in [0.15, 0.2) is 71.9 Å². The number of anilines is 2. The fraction of sp³-hybridized carbons (Fsp3) is 0.240. The van der Waals surface area contributed by atoms with Gasteiger partial charge in [-0.2, -0.15) is 0 Å². The zero-order valence-electron chi connectivity index (χ0n) is 18.8. The molecule has 0 aliphatic carbocycles. The number of carbonyl (C=O) groups excluding carboxylic acids is 1. The standard InChI is InChI=1S/C25H28N6O2/c1-3-30(4-2)15-13-28-25(33)18-5-7-20(8-6-18)29-21-9-10-22(31-16-14-27-24(21)31)19-11-12-26-23(32)17-19/h5-12,14,16-17,29H,3-4,13,15H2,1-2H3,(H,26,32)(H,28,33). The van der Waals surface area contributed by atoms with Crippen LogP contribution in [0.5, 0.6) is 0 Å². The molecule has 0 aliphatic rings. The molecule has 3 heterocycles. The molecule has 0 saturated heterocycles. The number of hydrogen-bond acceptors (Lipinski definition) is 5. The van der Waals surface area contributed by atoms with Gasteiger partial charge in [-0.15, -0.1) is 0 Å². The lowest BCUT2D eigenvalue weighted by Gasteiger charge is -2.18. The normalized spacial score (nSPS) is 11.1. The zero-order valence-corrected chi connectivity index (χ0v) is 18.8. The maximum absolute atomic E-state index is 12.4. The molecule has 0 aliphatic heterocycles. The molecule has 0 radical (unpaired) electrons. The maximum atomic E-state index is 12.4. The Kier molecular flexibility index (Phi) is 6.85. The first-order valence-corrected chi connectivity index (χ1v) is 11.1. The van der Waals surface area contributed by atoms with E-state index in [1.54, 1.807) is 18.5 Å². The zero-order chi connectivity index (χ0) is 23.2. The van der Waals surface area contributed by atoms with E-state index in [-0.39, 0.29) is 11.5 Å². The van der Waals surface area contributed by atoms with Crippen molar-refractivity contribution in [1.82, 2.24) is 24.6 Å². The first kappa shape index (κ1) is 22.3. The number of hydrogen-bond donors (Lipinski definition) is 3. The van der Waals surface area contributed by atoms with Gasteiger partial charge in [-0.3, -0.25) is 14.0 Å². The lowest BCUT2D eigenvalue weighted by molar-refractivity contribution is 0.0949. The van der Waals surface area contributed by atoms with Crippen LogP contribution in [0.4, 0.5) is 11.4 Å². The highest BCUT2D eigenvalue weighted by Gasteiger charge is 2.10. The average molecular weight is 445 g/mol. The molecule has 8 heteroatoms. The molecule has 0 bridgehead atoms. The highest BCUT2D eigenvalue weighted by atomic mass is 16.1. The smallest absolute Gasteiger partial charge is 0.251 e. The van der Waals surface area contributed by atoms with Gasteiger partial charge < -0.3 is 20.5 Å². The molecule has 8 nitrogen and oxygen atoms in total. The van der Waals surface area contributed by atoms with E-state index in [0.717, 1.165) is 47.9 Å². The Morgan fingerprint density at radius 2 is 1.88 bits per heavy atom. The SMILES string of the molecule is CCN(CC)CCNC(=O)c1ccc(Nc2ccc(-c3cc[nH]c(=O)c3)n3ccnc23)cc1. The summed E-state index contributed by atoms with van der Waals surface area (Å²) in [7, 11) is 0. The number of fused-ring (bicyclic) bond motifs is 1. The van der Waals surface area contributed by atoms with Crippen LogP contribution >= 0.6 is 0 Å². The number of rotatable bonds is 9. The van der Waals surface area contributed by atoms with Crippen LogP contribution in [0.2, 0.25) is 0 Å². The number of pyridine rings is 2. The molecule has 33 heavy (non-hydrogen) atoms. The number of nitrogens with one attached hydrogen (secondary N) is 3. The Morgan fingerprint density at radius 1 is 1.09 bits per heavy atom. The second kappa shape index (κ2) is 10.1. The minimum absolute atomic E-state index is 0.0773. The van der Waals surface area contributed by atoms with E-state index in [0.29, 0.717) is 12.1 Å². The fourth-order valence-electron chi connectivity index (χ4n) is 3.78. The van der Waals surface area contributed by atoms with E-state index in [1.165, 1.54) is 0 Å². The quantitative estimate of drug-likeness (QED) is 0.367. The van der Waals surface area contributed by atoms with Crippen molar-refractivity contribution in [3.05, 3.63) is 83.0 Å². The van der Waals surface area contributed by atoms with Gasteiger partial charge in [0.1, 0.15) is 0 Å². The van der Waals surface area contributed by atoms with Crippen molar-refractivity contribution in [2.24, 2.45) is 0 Å². The van der Waals surface area contributed by atoms with E-state index in [9.17, 15) is 9.59 Å². The van der Waals surface area contributed by atoms with Gasteiger partial charge in [0.05, 0.1) is 11.4 Å². The van der Waals surface area contributed by atoms with E-state index >= 15 is 0 Å². The first-order chi connectivity index (χ1) is 16.1. The lowest BCUT2D eigenvalue weighted by atomic mass is 10.1. The van der Waals surface area contributed by atoms with Crippen molar-refractivity contribution in [1.29, 1.82) is 0 Å². The van der Waals surface area contributed by atoms with E-state index < -0.39 is 0 Å². The third-order valence-electron chi connectivity index (χ3n) is 5.65. The summed E-state index contributed by atoms with van der Waals surface area (Å²) in [5.41, 5.74) is 4.57. The molecular formula is C25H28N6O2. The number of carbonyl (C=O) groups is 1. The van der Waals surface area contributed by atoms with Crippen LogP contribution in [0.1, 0.15) is 24.2 Å². The van der Waals surface area contributed by atoms with Crippen molar-refractivity contribution in [3.63, 3.8) is 0 Å². The predicted octanol–water partition coefficient (Wildman–Crippen LogP) is 3.50. The van der Waals surface area contributed by atoms with Crippen LogP contribution < -0.4 is 16.2 Å². The molecule has 3 aromatic heterocycles. The van der Waals surface area contributed by atoms with Crippen LogP contribution in [0.25, 0.3) is 16.9 Å². The second-order valence-corrected chi connectivity index (χ2v) is 7.68. The molecule has 1 amide bonds. The molecular weight excluding hydrogens is 416 g/mol. The molecule has 1 aromatic carbocycles. The Hall–Kier alpha value is -3.91. The summed E-state index contributed by atoms with van der Waals surface area (Å²) >= 11 is 0. The van der Waals surface area contributed by atoms with Crippen molar-refractivity contribution in [2.75, 3.05) is 31.5 Å². The third-order valence-corrected chi connectivity index (χ3v) is 5.65. The molecule has 0 fully saturated rings. The molecule has 4 aromatic rings. The van der Waals surface area contributed by atoms with Crippen molar-refractivity contribution in [3.8, 4) is 11.3 Å². The van der Waals surface area contributed by atoms with E-state index in [1.807, 2.05) is 53.1 Å². The summed E-state index contributed by atoms with van der Waals surface area (Å²) in [4.78, 5) is 33.5. The molecule has 4 rings (SSSR count). The van der Waals surface area contributed by atoms with Gasteiger partial charge in [-0.25, -0.2) is 4.98 Å². The monoisotopic (exact) mass is 444 g/mol. The number of aromatic amines is 1. The van der Waals surface area contributed by atoms with Crippen molar-refractivity contribution < 1.29 is 4.79 Å². The van der Waals surface area contributed by atoms with Crippen molar-refractivity contribution in [2.45, 2.75) is 13.8 Å². The minimum atomic E-state index is -0.153. The van der Waals surface area contributed by atoms with Gasteiger partial charge in [0.2, 0.25) is 5.56 Å². The van der Waals surface area contributed by atoms with Gasteiger partial charge in [-0.1, -0.05) is 13.8 Å². The summed E-state index contributed by atoms with van der Waals surface area (Å²) in [6, 6.07) is 14.7. The lowest BCUT2D eigenvalue weighted by Crippen LogP contribution is -2.34. The van der Waals surface area contributed by atoms with Gasteiger partial charge >= 0.3 is 0 Å². The molecule has 0 saturated carbocycles. The number of nitrogens with zero attached hydrogens (tertiary/aromatic N) is 3. The number of H-pyrrole nitrogens is 1. The molecule has 3 N–H and O–H groups in total. The number of amides is 1. The van der Waals surface area contributed by atoms with Gasteiger partial charge in [-0.05, 0) is 55.6 Å². The fourth-order valence-corrected chi connectivity index (χ4v) is 3.78. The number of aromatic nitrogens is 3. The summed E-state index contributed by atoms with van der Waals surface area (Å²) < 4.78 is 1.94. The maximum Gasteiger partial charge on any atom is 0.251 e. The van der Waals surface area contributed by atoms with Gasteiger partial charge in [0.25, 0.3) is 5.91 Å². The third kappa shape index (κ3) is 5.12. The second-order valence-electron chi connectivity index (χ2n) is 7.68. The highest BCUT2D eigenvalue weighted by Crippen LogP contribution is 2.27. The Morgan fingerprint density at radius 3 is 2.61 bits per heavy atom. The predicted molar refractivity (Wildman–Crippen MR) is 131 cm³/mol. The number of imidazole rings is 1. The average Bonchev–Trinajstić information content (AvgIpc) is 3.33. The first-order valence-electron chi connectivity index (χ1n) is 11.1. The van der Waals surface area contributed by atoms with E-state index in [2.05, 4.69) is 39.3 Å². The van der Waals surface area contributed by atoms with Crippen LogP contribution in [0.3, 0.4) is 0 Å². The highest BCUT2D eigenvalue weighted by molar-refractivity contribution is 5.94. The number of benzene rings is 1. The van der Waals surface area contributed by atoms with Crippen LogP contribution in [-0.2, 0) is 0 Å². The van der Waals surface area contributed by atoms with Crippen LogP contribution in [0, 0.1) is 0 Å². The molecule has 170 valence electrons. The summed E-state index contributed by atoms with van der Waals surface area (Å²) in [6.07, 6.45) is 5.22. The van der Waals surface area contributed by atoms with Gasteiger partial charge in [0, 0.05) is 54.6 Å². The van der Waals surface area contributed by atoms with E-state index in [4.69, 9.17) is 0 Å². The van der Waals surface area contributed by atoms with Crippen molar-refractivity contribution >= 4 is 22.9 Å². The minimum Gasteiger partial charge on any atom is -0.352 e. The largest absolute Gasteiger partial charge is 0.352 e. The topological polar surface area (TPSA) is 94.5 Å². The Balaban J connectivity index is 1.47. The van der Waals surface area contributed by atoms with Crippen LogP contribution in [-0.4, -0.2) is 51.4 Å². The molecule has 0 spiro atoms. The molecule has 0 unspecified atom stereocenters. The Labute approximate surface area is 192 Å². The number of likely N-dealkylation sites (N-methyl/N-ethyl adjacent to an activating group) is 1.